The van der Waals surface area contributed by atoms with E-state index >= 15 is 0 Å². The number of nitrogens with one attached hydrogen (secondary N) is 2. The van der Waals surface area contributed by atoms with Gasteiger partial charge < -0.3 is 15.2 Å². The molecule has 0 atom stereocenters. The number of nitro benzene ring substituents is 1. The van der Waals surface area contributed by atoms with E-state index < -0.39 is 22.3 Å². The van der Waals surface area contributed by atoms with E-state index in [1.54, 1.807) is 0 Å². The standard InChI is InChI=1S/C20H18N4O5/c1-29-17-9-15(20(26)18(10-17)24(27)28)11-22-23-19(25)12-21-16-7-6-13-4-2-3-5-14(13)8-16/h2-11,21,26H,12H2,1H3,(H,23,25)/p-1/b22-11-. The van der Waals surface area contributed by atoms with Gasteiger partial charge in [-0.3, -0.25) is 14.9 Å². The Morgan fingerprint density at radius 1 is 1.17 bits per heavy atom. The van der Waals surface area contributed by atoms with Gasteiger partial charge in [0.15, 0.2) is 0 Å². The summed E-state index contributed by atoms with van der Waals surface area (Å²) in [5.74, 6) is -1.12. The lowest BCUT2D eigenvalue weighted by molar-refractivity contribution is -0.398. The van der Waals surface area contributed by atoms with Gasteiger partial charge in [0.25, 0.3) is 11.6 Å². The molecule has 2 N–H and O–H groups in total. The van der Waals surface area contributed by atoms with Crippen LogP contribution in [-0.4, -0.2) is 30.7 Å². The molecule has 3 aromatic carbocycles. The number of fused-ring (bicyclic) bond motifs is 1. The number of amides is 1. The van der Waals surface area contributed by atoms with Crippen LogP contribution in [0.3, 0.4) is 0 Å². The highest BCUT2D eigenvalue weighted by Gasteiger charge is 2.12. The zero-order valence-electron chi connectivity index (χ0n) is 15.4. The highest BCUT2D eigenvalue weighted by molar-refractivity contribution is 5.89. The molecule has 0 aliphatic rings. The lowest BCUT2D eigenvalue weighted by Crippen LogP contribution is -2.25. The Hall–Kier alpha value is -4.14. The second kappa shape index (κ2) is 8.70. The number of hydrazone groups is 1. The van der Waals surface area contributed by atoms with Crippen LogP contribution in [0.4, 0.5) is 11.4 Å². The Morgan fingerprint density at radius 3 is 2.66 bits per heavy atom. The van der Waals surface area contributed by atoms with E-state index in [9.17, 15) is 20.0 Å². The van der Waals surface area contributed by atoms with Gasteiger partial charge in [-0.25, -0.2) is 5.43 Å². The Labute approximate surface area is 165 Å². The van der Waals surface area contributed by atoms with Gasteiger partial charge in [-0.2, -0.15) is 5.10 Å². The minimum atomic E-state index is -0.817. The molecule has 0 aromatic heterocycles. The quantitative estimate of drug-likeness (QED) is 0.360. The number of carbonyl (C=O) groups excluding carboxylic acids is 1. The lowest BCUT2D eigenvalue weighted by Gasteiger charge is -2.12. The van der Waals surface area contributed by atoms with Crippen LogP contribution < -0.4 is 20.6 Å². The van der Waals surface area contributed by atoms with Crippen LogP contribution in [0.1, 0.15) is 5.56 Å². The van der Waals surface area contributed by atoms with Gasteiger partial charge in [0.2, 0.25) is 0 Å². The molecule has 1 amide bonds. The van der Waals surface area contributed by atoms with E-state index in [1.807, 2.05) is 42.5 Å². The van der Waals surface area contributed by atoms with Gasteiger partial charge in [0.1, 0.15) is 5.75 Å². The van der Waals surface area contributed by atoms with Crippen LogP contribution in [-0.2, 0) is 4.79 Å². The van der Waals surface area contributed by atoms with Crippen LogP contribution in [0.15, 0.2) is 59.7 Å². The van der Waals surface area contributed by atoms with Crippen LogP contribution in [0.25, 0.3) is 10.8 Å². The Bertz CT molecular complexity index is 1100. The number of ether oxygens (including phenoxy) is 1. The third-order valence-corrected chi connectivity index (χ3v) is 4.10. The molecule has 0 bridgehead atoms. The van der Waals surface area contributed by atoms with Gasteiger partial charge in [0.05, 0.1) is 30.9 Å². The molecular formula is C20H17N4O5-. The van der Waals surface area contributed by atoms with Crippen molar-refractivity contribution in [1.82, 2.24) is 5.43 Å². The van der Waals surface area contributed by atoms with E-state index in [-0.39, 0.29) is 17.9 Å². The predicted molar refractivity (Wildman–Crippen MR) is 107 cm³/mol. The van der Waals surface area contributed by atoms with Gasteiger partial charge in [-0.15, -0.1) is 0 Å². The molecule has 0 aliphatic carbocycles. The minimum absolute atomic E-state index is 0.0435. The summed E-state index contributed by atoms with van der Waals surface area (Å²) in [5, 5.41) is 31.8. The van der Waals surface area contributed by atoms with Crippen LogP contribution in [0.2, 0.25) is 0 Å². The van der Waals surface area contributed by atoms with Gasteiger partial charge in [0, 0.05) is 5.69 Å². The molecule has 148 valence electrons. The first-order chi connectivity index (χ1) is 14.0. The second-order valence-corrected chi connectivity index (χ2v) is 6.03. The van der Waals surface area contributed by atoms with E-state index in [0.717, 1.165) is 28.7 Å². The minimum Gasteiger partial charge on any atom is -0.867 e. The Kier molecular flexibility index (Phi) is 5.88. The SMILES string of the molecule is COc1cc(/C=N\NC(=O)CNc2ccc3ccccc3c2)c([O-])c([N+](=O)[O-])c1. The van der Waals surface area contributed by atoms with Gasteiger partial charge in [-0.1, -0.05) is 30.3 Å². The summed E-state index contributed by atoms with van der Waals surface area (Å²) >= 11 is 0. The van der Waals surface area contributed by atoms with Crippen molar-refractivity contribution >= 4 is 34.3 Å². The van der Waals surface area contributed by atoms with E-state index in [1.165, 1.54) is 13.2 Å². The van der Waals surface area contributed by atoms with Crippen molar-refractivity contribution in [3.63, 3.8) is 0 Å². The zero-order chi connectivity index (χ0) is 20.8. The molecule has 3 rings (SSSR count). The molecule has 0 saturated carbocycles. The summed E-state index contributed by atoms with van der Waals surface area (Å²) in [7, 11) is 1.32. The molecule has 0 aliphatic heterocycles. The highest BCUT2D eigenvalue weighted by Crippen LogP contribution is 2.31. The Morgan fingerprint density at radius 2 is 1.93 bits per heavy atom. The van der Waals surface area contributed by atoms with E-state index in [0.29, 0.717) is 0 Å². The molecule has 0 fully saturated rings. The monoisotopic (exact) mass is 393 g/mol. The number of benzene rings is 3. The fourth-order valence-electron chi connectivity index (χ4n) is 2.65. The van der Waals surface area contributed by atoms with Crippen LogP contribution >= 0.6 is 0 Å². The third kappa shape index (κ3) is 4.78. The maximum atomic E-state index is 12.1. The summed E-state index contributed by atoms with van der Waals surface area (Å²) in [5.41, 5.74) is 2.34. The number of rotatable bonds is 7. The highest BCUT2D eigenvalue weighted by atomic mass is 16.6. The molecule has 0 saturated heterocycles. The summed E-state index contributed by atoms with van der Waals surface area (Å²) in [6.45, 7) is -0.0435. The molecule has 9 nitrogen and oxygen atoms in total. The van der Waals surface area contributed by atoms with Crippen molar-refractivity contribution in [3.05, 3.63) is 70.3 Å². The predicted octanol–water partition coefficient (Wildman–Crippen LogP) is 2.39. The Balaban J connectivity index is 1.62. The first-order valence-electron chi connectivity index (χ1n) is 8.56. The molecule has 9 heteroatoms. The maximum absolute atomic E-state index is 12.1. The summed E-state index contributed by atoms with van der Waals surface area (Å²) in [4.78, 5) is 22.1. The van der Waals surface area contributed by atoms with Crippen molar-refractivity contribution in [2.45, 2.75) is 0 Å². The van der Waals surface area contributed by atoms with E-state index in [2.05, 4.69) is 15.8 Å². The third-order valence-electron chi connectivity index (χ3n) is 4.10. The first kappa shape index (κ1) is 19.6. The summed E-state index contributed by atoms with van der Waals surface area (Å²) in [6, 6.07) is 15.9. The molecule has 0 spiro atoms. The number of nitro groups is 1. The molecule has 0 radical (unpaired) electrons. The van der Waals surface area contributed by atoms with Crippen LogP contribution in [0, 0.1) is 10.1 Å². The van der Waals surface area contributed by atoms with Crippen molar-refractivity contribution in [2.75, 3.05) is 19.0 Å². The van der Waals surface area contributed by atoms with Crippen molar-refractivity contribution < 1.29 is 19.6 Å². The normalized spacial score (nSPS) is 10.8. The number of hydrogen-bond acceptors (Lipinski definition) is 7. The maximum Gasteiger partial charge on any atom is 0.266 e. The number of methoxy groups -OCH3 is 1. The number of hydrogen-bond donors (Lipinski definition) is 2. The first-order valence-corrected chi connectivity index (χ1v) is 8.56. The number of nitrogens with zero attached hydrogens (tertiary/aromatic N) is 2. The van der Waals surface area contributed by atoms with Crippen molar-refractivity contribution in [3.8, 4) is 11.5 Å². The second-order valence-electron chi connectivity index (χ2n) is 6.03. The largest absolute Gasteiger partial charge is 0.867 e. The van der Waals surface area contributed by atoms with E-state index in [4.69, 9.17) is 4.74 Å². The fourth-order valence-corrected chi connectivity index (χ4v) is 2.65. The van der Waals surface area contributed by atoms with Gasteiger partial charge in [-0.05, 0) is 40.3 Å². The fraction of sp³-hybridized carbons (Fsp3) is 0.100. The van der Waals surface area contributed by atoms with Crippen molar-refractivity contribution in [2.24, 2.45) is 5.10 Å². The molecule has 29 heavy (non-hydrogen) atoms. The van der Waals surface area contributed by atoms with Crippen LogP contribution in [0.5, 0.6) is 11.5 Å². The summed E-state index contributed by atoms with van der Waals surface area (Å²) in [6.07, 6.45) is 1.05. The van der Waals surface area contributed by atoms with Gasteiger partial charge >= 0.3 is 0 Å². The number of anilines is 1. The molecule has 0 heterocycles. The molecular weight excluding hydrogens is 376 g/mol. The van der Waals surface area contributed by atoms with Crippen molar-refractivity contribution in [1.29, 1.82) is 0 Å². The lowest BCUT2D eigenvalue weighted by atomic mass is 10.1. The smallest absolute Gasteiger partial charge is 0.266 e. The zero-order valence-corrected chi connectivity index (χ0v) is 15.4. The average molecular weight is 393 g/mol. The molecule has 0 unspecified atom stereocenters. The average Bonchev–Trinajstić information content (AvgIpc) is 2.73. The number of carbonyl (C=O) groups is 1. The topological polar surface area (TPSA) is 129 Å². The molecule has 3 aromatic rings. The summed E-state index contributed by atoms with van der Waals surface area (Å²) < 4.78 is 4.94.